The van der Waals surface area contributed by atoms with Crippen molar-refractivity contribution in [2.24, 2.45) is 5.92 Å². The number of pyridine rings is 1. The Morgan fingerprint density at radius 1 is 1.09 bits per heavy atom. The molecule has 2 aromatic rings. The molecule has 1 N–H and O–H groups in total. The summed E-state index contributed by atoms with van der Waals surface area (Å²) in [6, 6.07) is 5.96. The fraction of sp³-hybridized carbons (Fsp3) is 0.640. The summed E-state index contributed by atoms with van der Waals surface area (Å²) in [5, 5.41) is 11.2. The van der Waals surface area contributed by atoms with Crippen molar-refractivity contribution in [3.8, 4) is 5.88 Å². The molecule has 0 amide bonds. The van der Waals surface area contributed by atoms with Crippen LogP contribution in [-0.2, 0) is 9.53 Å². The van der Waals surface area contributed by atoms with E-state index in [9.17, 15) is 0 Å². The SMILES string of the molecule is CC(C)C(C)c1cc(N2CCC(OC3CCC(Oc4cc(Br)ccn4)CC3)CC2)no1.O=CO. The van der Waals surface area contributed by atoms with Crippen molar-refractivity contribution in [2.75, 3.05) is 18.0 Å². The minimum absolute atomic E-state index is 0.234. The summed E-state index contributed by atoms with van der Waals surface area (Å²) in [7, 11) is 0. The first-order valence-corrected chi connectivity index (χ1v) is 12.9. The molecule has 4 rings (SSSR count). The van der Waals surface area contributed by atoms with Crippen molar-refractivity contribution in [1.29, 1.82) is 0 Å². The van der Waals surface area contributed by atoms with E-state index in [1.54, 1.807) is 6.20 Å². The van der Waals surface area contributed by atoms with Gasteiger partial charge in [0.15, 0.2) is 5.82 Å². The van der Waals surface area contributed by atoms with Gasteiger partial charge in [0.2, 0.25) is 5.88 Å². The van der Waals surface area contributed by atoms with Crippen LogP contribution in [-0.4, -0.2) is 53.1 Å². The molecule has 0 bridgehead atoms. The van der Waals surface area contributed by atoms with Gasteiger partial charge in [-0.1, -0.05) is 41.9 Å². The number of nitrogens with zero attached hydrogens (tertiary/aromatic N) is 3. The van der Waals surface area contributed by atoms with Crippen molar-refractivity contribution in [2.45, 2.75) is 83.5 Å². The second kappa shape index (κ2) is 13.1. The van der Waals surface area contributed by atoms with Crippen LogP contribution in [0.5, 0.6) is 5.88 Å². The number of rotatable bonds is 7. The fourth-order valence-electron chi connectivity index (χ4n) is 4.37. The lowest BCUT2D eigenvalue weighted by atomic mass is 9.94. The molecule has 1 aliphatic carbocycles. The Morgan fingerprint density at radius 3 is 2.32 bits per heavy atom. The second-order valence-electron chi connectivity index (χ2n) is 9.38. The number of halogens is 1. The van der Waals surface area contributed by atoms with E-state index in [4.69, 9.17) is 23.9 Å². The largest absolute Gasteiger partial charge is 0.483 e. The first-order valence-electron chi connectivity index (χ1n) is 12.1. The molecule has 0 radical (unpaired) electrons. The Bertz CT molecular complexity index is 877. The van der Waals surface area contributed by atoms with Crippen molar-refractivity contribution < 1.29 is 23.9 Å². The van der Waals surface area contributed by atoms with Crippen molar-refractivity contribution in [3.63, 3.8) is 0 Å². The third-order valence-electron chi connectivity index (χ3n) is 6.72. The maximum Gasteiger partial charge on any atom is 0.290 e. The molecule has 1 aliphatic heterocycles. The van der Waals surface area contributed by atoms with E-state index >= 15 is 0 Å². The van der Waals surface area contributed by atoms with Crippen LogP contribution in [0.2, 0.25) is 0 Å². The van der Waals surface area contributed by atoms with E-state index in [1.807, 2.05) is 12.1 Å². The maximum absolute atomic E-state index is 8.36. The summed E-state index contributed by atoms with van der Waals surface area (Å²) in [4.78, 5) is 15.0. The molecule has 34 heavy (non-hydrogen) atoms. The van der Waals surface area contributed by atoms with Crippen LogP contribution >= 0.6 is 15.9 Å². The van der Waals surface area contributed by atoms with Crippen LogP contribution in [0, 0.1) is 5.92 Å². The van der Waals surface area contributed by atoms with E-state index in [0.717, 1.165) is 67.7 Å². The van der Waals surface area contributed by atoms with Gasteiger partial charge in [-0.05, 0) is 50.5 Å². The Hall–Kier alpha value is -2.13. The number of anilines is 1. The van der Waals surface area contributed by atoms with E-state index in [0.29, 0.717) is 29.9 Å². The zero-order valence-electron chi connectivity index (χ0n) is 20.2. The van der Waals surface area contributed by atoms with Crippen molar-refractivity contribution in [1.82, 2.24) is 10.1 Å². The molecule has 1 atom stereocenters. The summed E-state index contributed by atoms with van der Waals surface area (Å²) < 4.78 is 19.1. The molecule has 1 saturated carbocycles. The predicted molar refractivity (Wildman–Crippen MR) is 133 cm³/mol. The fourth-order valence-corrected chi connectivity index (χ4v) is 4.69. The third-order valence-corrected chi connectivity index (χ3v) is 7.21. The van der Waals surface area contributed by atoms with E-state index < -0.39 is 0 Å². The van der Waals surface area contributed by atoms with Gasteiger partial charge in [0.1, 0.15) is 11.9 Å². The molecule has 188 valence electrons. The number of carboxylic acid groups (broad SMARTS) is 1. The van der Waals surface area contributed by atoms with Crippen LogP contribution in [0.1, 0.15) is 71.0 Å². The standard InChI is InChI=1S/C24H34BrN3O3.CH2O2/c1-16(2)17(3)22-15-23(27-31-22)28-12-9-21(10-13-28)29-19-4-6-20(7-5-19)30-24-14-18(25)8-11-26-24;2-1-3/h8,11,14-17,19-21H,4-7,9-10,12-13H2,1-3H3;1H,(H,2,3). The first-order chi connectivity index (χ1) is 16.4. The van der Waals surface area contributed by atoms with E-state index in [2.05, 4.69) is 57.8 Å². The normalized spacial score (nSPS) is 22.1. The lowest BCUT2D eigenvalue weighted by Gasteiger charge is -2.36. The van der Waals surface area contributed by atoms with Crippen LogP contribution in [0.4, 0.5) is 5.82 Å². The zero-order valence-corrected chi connectivity index (χ0v) is 21.8. The minimum atomic E-state index is -0.250. The molecule has 1 unspecified atom stereocenters. The lowest BCUT2D eigenvalue weighted by molar-refractivity contribution is -0.122. The molecule has 0 aromatic carbocycles. The highest BCUT2D eigenvalue weighted by Gasteiger charge is 2.28. The first kappa shape index (κ1) is 26.5. The maximum atomic E-state index is 8.36. The Morgan fingerprint density at radius 2 is 1.71 bits per heavy atom. The number of hydrogen-bond donors (Lipinski definition) is 1. The van der Waals surface area contributed by atoms with Gasteiger partial charge in [-0.3, -0.25) is 4.79 Å². The number of carbonyl (C=O) groups is 1. The smallest absolute Gasteiger partial charge is 0.290 e. The highest BCUT2D eigenvalue weighted by molar-refractivity contribution is 9.10. The topological polar surface area (TPSA) is 97.9 Å². The van der Waals surface area contributed by atoms with Crippen molar-refractivity contribution in [3.05, 3.63) is 34.6 Å². The molecule has 2 aliphatic rings. The molecule has 1 saturated heterocycles. The van der Waals surface area contributed by atoms with Crippen molar-refractivity contribution >= 4 is 28.2 Å². The molecular formula is C25H36BrN3O5. The summed E-state index contributed by atoms with van der Waals surface area (Å²) in [5.74, 6) is 3.59. The summed E-state index contributed by atoms with van der Waals surface area (Å²) in [6.45, 7) is 8.32. The highest BCUT2D eigenvalue weighted by atomic mass is 79.9. The van der Waals surface area contributed by atoms with Crippen LogP contribution in [0.25, 0.3) is 0 Å². The molecular weight excluding hydrogens is 502 g/mol. The van der Waals surface area contributed by atoms with Crippen LogP contribution in [0.3, 0.4) is 0 Å². The Kier molecular flexibility index (Phi) is 10.2. The molecule has 2 aromatic heterocycles. The lowest BCUT2D eigenvalue weighted by Crippen LogP contribution is -2.39. The number of hydrogen-bond acceptors (Lipinski definition) is 7. The van der Waals surface area contributed by atoms with Gasteiger partial charge in [0.05, 0.1) is 12.2 Å². The third kappa shape index (κ3) is 7.70. The van der Waals surface area contributed by atoms with Gasteiger partial charge < -0.3 is 24.0 Å². The van der Waals surface area contributed by atoms with Gasteiger partial charge >= 0.3 is 0 Å². The van der Waals surface area contributed by atoms with Gasteiger partial charge in [0.25, 0.3) is 6.47 Å². The quantitative estimate of drug-likeness (QED) is 0.451. The molecule has 0 spiro atoms. The monoisotopic (exact) mass is 537 g/mol. The number of piperidine rings is 1. The molecule has 3 heterocycles. The van der Waals surface area contributed by atoms with Gasteiger partial charge in [-0.2, -0.15) is 0 Å². The summed E-state index contributed by atoms with van der Waals surface area (Å²) in [6.07, 6.45) is 8.92. The average molecular weight is 538 g/mol. The molecule has 8 nitrogen and oxygen atoms in total. The number of ether oxygens (including phenoxy) is 2. The average Bonchev–Trinajstić information content (AvgIpc) is 3.31. The van der Waals surface area contributed by atoms with E-state index in [1.165, 1.54) is 0 Å². The Balaban J connectivity index is 0.00000103. The van der Waals surface area contributed by atoms with Gasteiger partial charge in [-0.15, -0.1) is 0 Å². The zero-order chi connectivity index (χ0) is 24.5. The minimum Gasteiger partial charge on any atom is -0.483 e. The summed E-state index contributed by atoms with van der Waals surface area (Å²) in [5.41, 5.74) is 0. The van der Waals surface area contributed by atoms with Gasteiger partial charge in [-0.25, -0.2) is 4.98 Å². The predicted octanol–water partition coefficient (Wildman–Crippen LogP) is 5.67. The molecule has 9 heteroatoms. The highest BCUT2D eigenvalue weighted by Crippen LogP contribution is 2.31. The van der Waals surface area contributed by atoms with E-state index in [-0.39, 0.29) is 12.6 Å². The molecule has 2 fully saturated rings. The van der Waals surface area contributed by atoms with Gasteiger partial charge in [0, 0.05) is 41.8 Å². The summed E-state index contributed by atoms with van der Waals surface area (Å²) >= 11 is 3.47. The number of aromatic nitrogens is 2. The second-order valence-corrected chi connectivity index (χ2v) is 10.3. The Labute approximate surface area is 210 Å². The van der Waals surface area contributed by atoms with Crippen LogP contribution < -0.4 is 9.64 Å². The van der Waals surface area contributed by atoms with Crippen LogP contribution in [0.15, 0.2) is 33.4 Å².